The summed E-state index contributed by atoms with van der Waals surface area (Å²) < 4.78 is 5.48. The predicted molar refractivity (Wildman–Crippen MR) is 75.9 cm³/mol. The Hall–Kier alpha value is -0.800. The van der Waals surface area contributed by atoms with E-state index in [9.17, 15) is 0 Å². The van der Waals surface area contributed by atoms with Gasteiger partial charge in [-0.05, 0) is 17.0 Å². The normalized spacial score (nSPS) is 10.7. The second kappa shape index (κ2) is 5.02. The largest absolute Gasteiger partial charge is 0.496 e. The summed E-state index contributed by atoms with van der Waals surface area (Å²) in [6.07, 6.45) is 0. The smallest absolute Gasteiger partial charge is 0.130 e. The minimum Gasteiger partial charge on any atom is -0.496 e. The van der Waals surface area contributed by atoms with Crippen LogP contribution in [0.4, 0.5) is 0 Å². The summed E-state index contributed by atoms with van der Waals surface area (Å²) >= 11 is 8.71. The first-order valence-corrected chi connectivity index (χ1v) is 6.37. The Kier molecular flexibility index (Phi) is 3.66. The Labute approximate surface area is 107 Å². The maximum Gasteiger partial charge on any atom is 0.130 e. The number of thiol groups is 2. The lowest BCUT2D eigenvalue weighted by Crippen LogP contribution is -1.94. The second-order valence-corrected chi connectivity index (χ2v) is 4.22. The molecule has 0 atom stereocenters. The van der Waals surface area contributed by atoms with Gasteiger partial charge in [0.05, 0.1) is 7.11 Å². The van der Waals surface area contributed by atoms with Gasteiger partial charge in [-0.3, -0.25) is 0 Å². The Morgan fingerprint density at radius 3 is 2.19 bits per heavy atom. The van der Waals surface area contributed by atoms with E-state index in [-0.39, 0.29) is 0 Å². The minimum absolute atomic E-state index is 0.675. The first-order valence-electron chi connectivity index (χ1n) is 5.11. The van der Waals surface area contributed by atoms with E-state index in [1.807, 2.05) is 12.1 Å². The van der Waals surface area contributed by atoms with Gasteiger partial charge < -0.3 is 4.74 Å². The average molecular weight is 250 g/mol. The molecule has 0 aliphatic heterocycles. The van der Waals surface area contributed by atoms with Crippen LogP contribution in [-0.2, 0) is 11.5 Å². The van der Waals surface area contributed by atoms with Gasteiger partial charge in [0.2, 0.25) is 0 Å². The molecule has 0 saturated carbocycles. The van der Waals surface area contributed by atoms with Crippen LogP contribution in [-0.4, -0.2) is 7.11 Å². The van der Waals surface area contributed by atoms with Crippen molar-refractivity contribution in [3.63, 3.8) is 0 Å². The topological polar surface area (TPSA) is 9.23 Å². The zero-order chi connectivity index (χ0) is 11.5. The number of rotatable bonds is 3. The highest BCUT2D eigenvalue weighted by Gasteiger charge is 2.10. The predicted octanol–water partition coefficient (Wildman–Crippen LogP) is 3.71. The fourth-order valence-corrected chi connectivity index (χ4v) is 2.47. The highest BCUT2D eigenvalue weighted by Crippen LogP contribution is 2.33. The molecule has 2 rings (SSSR count). The molecule has 0 radical (unpaired) electrons. The summed E-state index contributed by atoms with van der Waals surface area (Å²) in [5, 5.41) is 2.35. The van der Waals surface area contributed by atoms with Crippen molar-refractivity contribution in [2.24, 2.45) is 0 Å². The Bertz CT molecular complexity index is 509. The van der Waals surface area contributed by atoms with E-state index >= 15 is 0 Å². The number of fused-ring (bicyclic) bond motifs is 1. The van der Waals surface area contributed by atoms with Crippen molar-refractivity contribution in [3.8, 4) is 5.75 Å². The van der Waals surface area contributed by atoms with Crippen LogP contribution in [0.1, 0.15) is 11.1 Å². The highest BCUT2D eigenvalue weighted by atomic mass is 32.1. The van der Waals surface area contributed by atoms with Crippen LogP contribution in [0.25, 0.3) is 10.8 Å². The Morgan fingerprint density at radius 1 is 1.00 bits per heavy atom. The van der Waals surface area contributed by atoms with E-state index in [4.69, 9.17) is 4.74 Å². The van der Waals surface area contributed by atoms with E-state index in [0.29, 0.717) is 5.75 Å². The first kappa shape index (κ1) is 11.7. The van der Waals surface area contributed by atoms with Gasteiger partial charge in [-0.15, -0.1) is 0 Å². The van der Waals surface area contributed by atoms with E-state index < -0.39 is 0 Å². The van der Waals surface area contributed by atoms with Crippen LogP contribution in [0.2, 0.25) is 0 Å². The van der Waals surface area contributed by atoms with Crippen molar-refractivity contribution in [3.05, 3.63) is 41.5 Å². The third kappa shape index (κ3) is 1.89. The molecule has 0 N–H and O–H groups in total. The molecule has 16 heavy (non-hydrogen) atoms. The van der Waals surface area contributed by atoms with Crippen molar-refractivity contribution in [2.45, 2.75) is 11.5 Å². The first-order chi connectivity index (χ1) is 7.81. The van der Waals surface area contributed by atoms with Crippen molar-refractivity contribution in [1.29, 1.82) is 0 Å². The fraction of sp³-hybridized carbons (Fsp3) is 0.231. The molecule has 0 amide bonds. The van der Waals surface area contributed by atoms with Crippen molar-refractivity contribution >= 4 is 36.0 Å². The quantitative estimate of drug-likeness (QED) is 0.790. The van der Waals surface area contributed by atoms with Gasteiger partial charge in [0.25, 0.3) is 0 Å². The van der Waals surface area contributed by atoms with Gasteiger partial charge in [0.1, 0.15) is 5.75 Å². The van der Waals surface area contributed by atoms with Gasteiger partial charge in [0, 0.05) is 22.5 Å². The van der Waals surface area contributed by atoms with Gasteiger partial charge >= 0.3 is 0 Å². The van der Waals surface area contributed by atoms with Crippen molar-refractivity contribution in [2.75, 3.05) is 7.11 Å². The van der Waals surface area contributed by atoms with Crippen LogP contribution in [0.3, 0.4) is 0 Å². The van der Waals surface area contributed by atoms with Crippen molar-refractivity contribution < 1.29 is 4.74 Å². The molecule has 0 fully saturated rings. The molecule has 84 valence electrons. The van der Waals surface area contributed by atoms with Crippen LogP contribution in [0.5, 0.6) is 5.75 Å². The van der Waals surface area contributed by atoms with E-state index in [0.717, 1.165) is 22.5 Å². The van der Waals surface area contributed by atoms with E-state index in [1.165, 1.54) is 10.9 Å². The molecule has 1 nitrogen and oxygen atoms in total. The molecule has 3 heteroatoms. The Balaban J connectivity index is 2.83. The van der Waals surface area contributed by atoms with Gasteiger partial charge in [-0.25, -0.2) is 0 Å². The van der Waals surface area contributed by atoms with Crippen molar-refractivity contribution in [1.82, 2.24) is 0 Å². The molecular formula is C13H14OS2. The highest BCUT2D eigenvalue weighted by molar-refractivity contribution is 7.79. The molecule has 0 heterocycles. The molecule has 0 aromatic heterocycles. The third-order valence-electron chi connectivity index (χ3n) is 2.70. The van der Waals surface area contributed by atoms with Crippen LogP contribution in [0, 0.1) is 0 Å². The monoisotopic (exact) mass is 250 g/mol. The van der Waals surface area contributed by atoms with Gasteiger partial charge in [-0.1, -0.05) is 24.3 Å². The zero-order valence-corrected chi connectivity index (χ0v) is 10.9. The summed E-state index contributed by atoms with van der Waals surface area (Å²) in [4.78, 5) is 0. The standard InChI is InChI=1S/C13H14OS2/c1-14-13-10(8-16)6-9(7-15)11-4-2-3-5-12(11)13/h2-6,15-16H,7-8H2,1H3. The maximum atomic E-state index is 5.48. The lowest BCUT2D eigenvalue weighted by Gasteiger charge is -2.13. The Morgan fingerprint density at radius 2 is 1.62 bits per heavy atom. The summed E-state index contributed by atoms with van der Waals surface area (Å²) in [6, 6.07) is 10.4. The third-order valence-corrected chi connectivity index (χ3v) is 3.38. The molecule has 0 aliphatic carbocycles. The zero-order valence-electron chi connectivity index (χ0n) is 9.10. The minimum atomic E-state index is 0.675. The van der Waals surface area contributed by atoms with Crippen LogP contribution in [0.15, 0.2) is 30.3 Å². The molecule has 0 bridgehead atoms. The molecular weight excluding hydrogens is 236 g/mol. The molecule has 0 aliphatic rings. The van der Waals surface area contributed by atoms with Crippen LogP contribution < -0.4 is 4.74 Å². The SMILES string of the molecule is COc1c(CS)cc(CS)c2ccccc12. The molecule has 2 aromatic rings. The van der Waals surface area contributed by atoms with E-state index in [1.54, 1.807) is 7.11 Å². The molecule has 2 aromatic carbocycles. The molecule has 0 saturated heterocycles. The average Bonchev–Trinajstić information content (AvgIpc) is 2.36. The number of ether oxygens (including phenoxy) is 1. The number of hydrogen-bond donors (Lipinski definition) is 2. The lowest BCUT2D eigenvalue weighted by molar-refractivity contribution is 0.416. The van der Waals surface area contributed by atoms with Gasteiger partial charge in [0.15, 0.2) is 0 Å². The summed E-state index contributed by atoms with van der Waals surface area (Å²) in [7, 11) is 1.70. The van der Waals surface area contributed by atoms with Gasteiger partial charge in [-0.2, -0.15) is 25.3 Å². The van der Waals surface area contributed by atoms with E-state index in [2.05, 4.69) is 43.5 Å². The molecule has 0 spiro atoms. The number of hydrogen-bond acceptors (Lipinski definition) is 3. The lowest BCUT2D eigenvalue weighted by atomic mass is 10.0. The van der Waals surface area contributed by atoms with Crippen LogP contribution >= 0.6 is 25.3 Å². The second-order valence-electron chi connectivity index (χ2n) is 3.59. The number of methoxy groups -OCH3 is 1. The summed E-state index contributed by atoms with van der Waals surface area (Å²) in [5.41, 5.74) is 2.34. The fourth-order valence-electron chi connectivity index (χ4n) is 1.98. The molecule has 0 unspecified atom stereocenters. The summed E-state index contributed by atoms with van der Waals surface area (Å²) in [6.45, 7) is 0. The summed E-state index contributed by atoms with van der Waals surface area (Å²) in [5.74, 6) is 2.33. The maximum absolute atomic E-state index is 5.48. The number of benzene rings is 2.